The average Bonchev–Trinajstić information content (AvgIpc) is 2.20. The lowest BCUT2D eigenvalue weighted by Crippen LogP contribution is -2.05. The molecule has 0 amide bonds. The van der Waals surface area contributed by atoms with E-state index in [0.29, 0.717) is 6.61 Å². The van der Waals surface area contributed by atoms with Crippen LogP contribution in [0.5, 0.6) is 0 Å². The molecule has 0 unspecified atom stereocenters. The third-order valence-corrected chi connectivity index (χ3v) is 6.50. The molecule has 0 aromatic rings. The van der Waals surface area contributed by atoms with E-state index >= 15 is 0 Å². The summed E-state index contributed by atoms with van der Waals surface area (Å²) in [4.78, 5) is 10.7. The highest BCUT2D eigenvalue weighted by Gasteiger charge is 2.20. The zero-order valence-corrected chi connectivity index (χ0v) is 14.9. The molecule has 0 saturated heterocycles. The summed E-state index contributed by atoms with van der Waals surface area (Å²) in [5.74, 6) is -0.325. The van der Waals surface area contributed by atoms with Crippen molar-refractivity contribution in [3.63, 3.8) is 0 Å². The lowest BCUT2D eigenvalue weighted by Gasteiger charge is -2.08. The summed E-state index contributed by atoms with van der Waals surface area (Å²) in [6.07, 6.45) is 6.91. The van der Waals surface area contributed by atoms with Crippen molar-refractivity contribution in [1.29, 1.82) is 0 Å². The average molecular weight is 437 g/mol. The third kappa shape index (κ3) is 12.9. The van der Waals surface area contributed by atoms with Crippen LogP contribution in [0.3, 0.4) is 0 Å². The van der Waals surface area contributed by atoms with Crippen LogP contribution in [0.15, 0.2) is 12.7 Å². The van der Waals surface area contributed by atoms with Crippen molar-refractivity contribution in [2.24, 2.45) is 0 Å². The van der Waals surface area contributed by atoms with E-state index in [9.17, 15) is 4.79 Å². The summed E-state index contributed by atoms with van der Waals surface area (Å²) in [6, 6.07) is 1.18. The molecule has 0 aliphatic rings. The molecule has 0 atom stereocenters. The molecule has 16 heavy (non-hydrogen) atoms. The van der Waals surface area contributed by atoms with E-state index in [2.05, 4.69) is 52.5 Å². The van der Waals surface area contributed by atoms with Crippen LogP contribution < -0.4 is 0 Å². The number of unbranched alkanes of at least 4 members (excludes halogenated alkanes) is 4. The smallest absolute Gasteiger partial charge is 0.330 e. The van der Waals surface area contributed by atoms with Gasteiger partial charge in [0.15, 0.2) is 0 Å². The lowest BCUT2D eigenvalue weighted by atomic mass is 10.2. The van der Waals surface area contributed by atoms with Gasteiger partial charge in [0.2, 0.25) is 0 Å². The Morgan fingerprint density at radius 2 is 1.69 bits per heavy atom. The van der Waals surface area contributed by atoms with Crippen molar-refractivity contribution >= 4 is 55.8 Å². The Hall–Kier alpha value is 0.867. The summed E-state index contributed by atoms with van der Waals surface area (Å²) < 4.78 is 3.48. The van der Waals surface area contributed by atoms with Crippen molar-refractivity contribution in [2.75, 3.05) is 6.61 Å². The van der Waals surface area contributed by atoms with Crippen molar-refractivity contribution < 1.29 is 9.53 Å². The first-order valence-corrected chi connectivity index (χ1v) is 14.3. The fraction of sp³-hybridized carbons (Fsp3) is 0.700. The molecule has 0 aromatic heterocycles. The molecule has 0 N–H and O–H groups in total. The second kappa shape index (κ2) is 9.85. The van der Waals surface area contributed by atoms with Crippen LogP contribution in [-0.4, -0.2) is 16.5 Å². The molecule has 0 saturated carbocycles. The summed E-state index contributed by atoms with van der Waals surface area (Å²) in [7, 11) is 0. The van der Waals surface area contributed by atoms with E-state index in [1.54, 1.807) is 0 Å². The number of hydrogen-bond donors (Lipinski definition) is 0. The normalized spacial score (nSPS) is 11.2. The second-order valence-corrected chi connectivity index (χ2v) is 27.0. The summed E-state index contributed by atoms with van der Waals surface area (Å²) >= 11 is 10.8. The third-order valence-electron chi connectivity index (χ3n) is 2.02. The Kier molecular flexibility index (Phi) is 10.4. The fourth-order valence-electron chi connectivity index (χ4n) is 1.19. The van der Waals surface area contributed by atoms with E-state index in [1.807, 2.05) is 0 Å². The van der Waals surface area contributed by atoms with Gasteiger partial charge in [-0.3, -0.25) is 0 Å². The van der Waals surface area contributed by atoms with E-state index in [-0.39, 0.29) is 5.97 Å². The summed E-state index contributed by atoms with van der Waals surface area (Å²) in [5, 5.41) is 0. The molecule has 2 nitrogen and oxygen atoms in total. The maximum absolute atomic E-state index is 10.7. The minimum Gasteiger partial charge on any atom is -0.463 e. The Morgan fingerprint density at radius 1 is 1.12 bits per heavy atom. The molecule has 0 aromatic carbocycles. The highest BCUT2D eigenvalue weighted by atomic mass is 80.0. The first-order valence-electron chi connectivity index (χ1n) is 5.31. The van der Waals surface area contributed by atoms with Crippen molar-refractivity contribution in [2.45, 2.75) is 38.1 Å². The van der Waals surface area contributed by atoms with Crippen LogP contribution in [-0.2, 0) is 9.53 Å². The van der Waals surface area contributed by atoms with Crippen molar-refractivity contribution in [3.8, 4) is 0 Å². The molecule has 94 valence electrons. The van der Waals surface area contributed by atoms with Gasteiger partial charge in [0.05, 0.1) is 6.61 Å². The monoisotopic (exact) mass is 434 g/mol. The van der Waals surface area contributed by atoms with Crippen LogP contribution in [0, 0.1) is 0 Å². The lowest BCUT2D eigenvalue weighted by molar-refractivity contribution is -0.137. The number of hydrogen-bond acceptors (Lipinski definition) is 2. The van der Waals surface area contributed by atoms with E-state index in [1.165, 1.54) is 31.4 Å². The molecule has 0 aliphatic heterocycles. The Morgan fingerprint density at radius 3 is 2.25 bits per heavy atom. The van der Waals surface area contributed by atoms with Crippen molar-refractivity contribution in [1.82, 2.24) is 0 Å². The molecular weight excluding hydrogens is 420 g/mol. The van der Waals surface area contributed by atoms with Crippen LogP contribution in [0.25, 0.3) is 0 Å². The maximum Gasteiger partial charge on any atom is 0.330 e. The Labute approximate surface area is 122 Å². The van der Waals surface area contributed by atoms with Gasteiger partial charge in [0.1, 0.15) is 0 Å². The largest absolute Gasteiger partial charge is 0.463 e. The number of carbonyl (C=O) groups excluding carboxylic acids is 1. The predicted octanol–water partition coefficient (Wildman–Crippen LogP) is 4.79. The van der Waals surface area contributed by atoms with Gasteiger partial charge in [-0.05, 0) is 12.5 Å². The number of esters is 1. The first kappa shape index (κ1) is 16.9. The minimum atomic E-state index is -1.40. The van der Waals surface area contributed by atoms with Gasteiger partial charge in [-0.25, -0.2) is 4.79 Å². The van der Waals surface area contributed by atoms with E-state index < -0.39 is 3.93 Å². The number of halogens is 3. The summed E-state index contributed by atoms with van der Waals surface area (Å²) in [6.45, 7) is 3.85. The topological polar surface area (TPSA) is 26.3 Å². The van der Waals surface area contributed by atoms with Crippen molar-refractivity contribution in [3.05, 3.63) is 12.7 Å². The molecule has 0 bridgehead atoms. The molecule has 0 spiro atoms. The maximum atomic E-state index is 10.7. The molecule has 0 fully saturated rings. The zero-order valence-electron chi connectivity index (χ0n) is 9.18. The van der Waals surface area contributed by atoms with Crippen LogP contribution >= 0.6 is 45.9 Å². The second-order valence-electron chi connectivity index (χ2n) is 3.50. The number of carbonyl (C=O) groups is 1. The van der Waals surface area contributed by atoms with Gasteiger partial charge in [-0.1, -0.05) is 78.1 Å². The predicted molar refractivity (Wildman–Crippen MR) is 81.6 cm³/mol. The van der Waals surface area contributed by atoms with Gasteiger partial charge < -0.3 is 4.74 Å². The standard InChI is InChI=1S/C10H17Br3O2Si/c1-2-10(14)15-8-6-4-3-5-7-9-16(11,12)13/h2H,1,3-9H2. The zero-order chi connectivity index (χ0) is 12.4. The Balaban J connectivity index is 3.16. The number of rotatable bonds is 9. The molecule has 0 radical (unpaired) electrons. The van der Waals surface area contributed by atoms with Crippen LogP contribution in [0.1, 0.15) is 32.1 Å². The highest BCUT2D eigenvalue weighted by molar-refractivity contribution is 9.72. The number of ether oxygens (including phenoxy) is 1. The SMILES string of the molecule is C=CC(=O)OCCCCCCC[Si](Br)(Br)Br. The van der Waals surface area contributed by atoms with Gasteiger partial charge in [-0.2, -0.15) is 0 Å². The van der Waals surface area contributed by atoms with Crippen LogP contribution in [0.2, 0.25) is 6.04 Å². The molecule has 0 heterocycles. The van der Waals surface area contributed by atoms with Gasteiger partial charge in [-0.15, -0.1) is 0 Å². The van der Waals surface area contributed by atoms with E-state index in [4.69, 9.17) is 4.74 Å². The molecule has 0 rings (SSSR count). The fourth-order valence-corrected chi connectivity index (χ4v) is 4.36. The molecule has 0 aliphatic carbocycles. The highest BCUT2D eigenvalue weighted by Crippen LogP contribution is 2.33. The quantitative estimate of drug-likeness (QED) is 0.171. The molecular formula is C10H17Br3O2Si. The van der Waals surface area contributed by atoms with Gasteiger partial charge in [0, 0.05) is 6.08 Å². The van der Waals surface area contributed by atoms with Crippen LogP contribution in [0.4, 0.5) is 0 Å². The first-order chi connectivity index (χ1) is 7.45. The van der Waals surface area contributed by atoms with E-state index in [0.717, 1.165) is 12.8 Å². The summed E-state index contributed by atoms with van der Waals surface area (Å²) in [5.41, 5.74) is 0. The minimum absolute atomic E-state index is 0.325. The Bertz CT molecular complexity index is 217. The van der Waals surface area contributed by atoms with Gasteiger partial charge in [0.25, 0.3) is 3.93 Å². The molecule has 6 heteroatoms. The van der Waals surface area contributed by atoms with Gasteiger partial charge >= 0.3 is 5.97 Å².